The summed E-state index contributed by atoms with van der Waals surface area (Å²) >= 11 is 0. The first-order valence-corrected chi connectivity index (χ1v) is 10.5. The molecule has 1 N–H and O–H groups in total. The van der Waals surface area contributed by atoms with Crippen LogP contribution in [0.5, 0.6) is 0 Å². The summed E-state index contributed by atoms with van der Waals surface area (Å²) in [5.41, 5.74) is 1.74. The maximum absolute atomic E-state index is 12.7. The first-order valence-electron chi connectivity index (χ1n) is 10.5. The highest BCUT2D eigenvalue weighted by molar-refractivity contribution is 6.09. The summed E-state index contributed by atoms with van der Waals surface area (Å²) in [5, 5.41) is 3.04. The number of carbonyl (C=O) groups is 2. The van der Waals surface area contributed by atoms with Gasteiger partial charge in [-0.1, -0.05) is 48.9 Å². The van der Waals surface area contributed by atoms with Gasteiger partial charge in [-0.05, 0) is 50.2 Å². The number of hydrogen-bond acceptors (Lipinski definition) is 4. The van der Waals surface area contributed by atoms with E-state index in [9.17, 15) is 9.59 Å². The lowest BCUT2D eigenvalue weighted by Crippen LogP contribution is -2.40. The fourth-order valence-electron chi connectivity index (χ4n) is 3.94. The van der Waals surface area contributed by atoms with Crippen LogP contribution in [0.2, 0.25) is 0 Å². The number of rotatable bonds is 7. The summed E-state index contributed by atoms with van der Waals surface area (Å²) in [6, 6.07) is 19.8. The van der Waals surface area contributed by atoms with E-state index in [-0.39, 0.29) is 17.7 Å². The van der Waals surface area contributed by atoms with Gasteiger partial charge < -0.3 is 9.73 Å². The highest BCUT2D eigenvalue weighted by atomic mass is 16.3. The summed E-state index contributed by atoms with van der Waals surface area (Å²) in [5.74, 6) is 0.675. The normalized spacial score (nSPS) is 15.5. The number of ketones is 1. The molecule has 30 heavy (non-hydrogen) atoms. The summed E-state index contributed by atoms with van der Waals surface area (Å²) in [7, 11) is 0. The summed E-state index contributed by atoms with van der Waals surface area (Å²) < 4.78 is 5.64. The van der Waals surface area contributed by atoms with E-state index in [2.05, 4.69) is 10.2 Å². The Bertz CT molecular complexity index is 959. The number of carbonyl (C=O) groups excluding carboxylic acids is 2. The van der Waals surface area contributed by atoms with Crippen LogP contribution >= 0.6 is 0 Å². The fourth-order valence-corrected chi connectivity index (χ4v) is 3.94. The van der Waals surface area contributed by atoms with Gasteiger partial charge in [0.1, 0.15) is 5.76 Å². The molecule has 3 aromatic rings. The third-order valence-corrected chi connectivity index (χ3v) is 5.60. The van der Waals surface area contributed by atoms with Crippen molar-refractivity contribution in [2.75, 3.05) is 19.6 Å². The van der Waals surface area contributed by atoms with Crippen LogP contribution in [0.25, 0.3) is 0 Å². The molecule has 2 aromatic carbocycles. The van der Waals surface area contributed by atoms with Gasteiger partial charge in [0.2, 0.25) is 0 Å². The predicted molar refractivity (Wildman–Crippen MR) is 116 cm³/mol. The molecule has 0 aliphatic carbocycles. The van der Waals surface area contributed by atoms with Crippen LogP contribution in [-0.2, 0) is 0 Å². The van der Waals surface area contributed by atoms with Gasteiger partial charge in [-0.15, -0.1) is 0 Å². The summed E-state index contributed by atoms with van der Waals surface area (Å²) in [6.45, 7) is 2.51. The number of amides is 1. The molecule has 5 nitrogen and oxygen atoms in total. The van der Waals surface area contributed by atoms with Crippen LogP contribution in [-0.4, -0.2) is 36.2 Å². The van der Waals surface area contributed by atoms with E-state index in [0.29, 0.717) is 23.2 Å². The molecule has 4 rings (SSSR count). The molecule has 0 radical (unpaired) electrons. The molecule has 1 aliphatic rings. The number of likely N-dealkylation sites (tertiary alicyclic amines) is 1. The van der Waals surface area contributed by atoms with Crippen molar-refractivity contribution in [2.24, 2.45) is 0 Å². The number of nitrogens with one attached hydrogen (secondary N) is 1. The largest absolute Gasteiger partial charge is 0.468 e. The Balaban J connectivity index is 1.41. The maximum Gasteiger partial charge on any atom is 0.251 e. The quantitative estimate of drug-likeness (QED) is 0.593. The summed E-state index contributed by atoms with van der Waals surface area (Å²) in [6.07, 6.45) is 5.27. The van der Waals surface area contributed by atoms with Crippen LogP contribution in [0, 0.1) is 0 Å². The third-order valence-electron chi connectivity index (χ3n) is 5.60. The first kappa shape index (κ1) is 20.1. The molecule has 154 valence electrons. The molecule has 1 amide bonds. The molecule has 1 fully saturated rings. The lowest BCUT2D eigenvalue weighted by Gasteiger charge is -2.33. The number of benzene rings is 2. The number of nitrogens with zero attached hydrogens (tertiary/aromatic N) is 1. The van der Waals surface area contributed by atoms with Gasteiger partial charge in [-0.3, -0.25) is 14.5 Å². The molecule has 0 spiro atoms. The molecular formula is C25H26N2O3. The van der Waals surface area contributed by atoms with Gasteiger partial charge in [-0.2, -0.15) is 0 Å². The maximum atomic E-state index is 12.7. The van der Waals surface area contributed by atoms with Crippen LogP contribution in [0.3, 0.4) is 0 Å². The molecule has 0 saturated carbocycles. The second-order valence-electron chi connectivity index (χ2n) is 7.61. The molecule has 2 heterocycles. The van der Waals surface area contributed by atoms with Crippen molar-refractivity contribution in [3.05, 3.63) is 95.4 Å². The van der Waals surface area contributed by atoms with E-state index >= 15 is 0 Å². The predicted octanol–water partition coefficient (Wildman–Crippen LogP) is 4.47. The van der Waals surface area contributed by atoms with E-state index in [1.807, 2.05) is 30.3 Å². The van der Waals surface area contributed by atoms with Gasteiger partial charge in [0.15, 0.2) is 5.78 Å². The van der Waals surface area contributed by atoms with Crippen LogP contribution in [0.1, 0.15) is 57.3 Å². The SMILES string of the molecule is O=C(NC[C@@H](c1ccco1)N1CCCCC1)c1ccc(C(=O)c2ccccc2)cc1. The Labute approximate surface area is 176 Å². The zero-order chi connectivity index (χ0) is 20.8. The molecule has 0 bridgehead atoms. The molecule has 0 unspecified atom stereocenters. The number of hydrogen-bond donors (Lipinski definition) is 1. The summed E-state index contributed by atoms with van der Waals surface area (Å²) in [4.78, 5) is 27.6. The van der Waals surface area contributed by atoms with Gasteiger partial charge in [0.25, 0.3) is 5.91 Å². The van der Waals surface area contributed by atoms with E-state index < -0.39 is 0 Å². The Kier molecular flexibility index (Phi) is 6.40. The third kappa shape index (κ3) is 4.69. The van der Waals surface area contributed by atoms with E-state index in [1.165, 1.54) is 19.3 Å². The van der Waals surface area contributed by atoms with Crippen LogP contribution in [0.15, 0.2) is 77.4 Å². The first-order chi connectivity index (χ1) is 14.7. The average molecular weight is 402 g/mol. The zero-order valence-corrected chi connectivity index (χ0v) is 16.9. The molecule has 1 atom stereocenters. The Hall–Kier alpha value is -3.18. The highest BCUT2D eigenvalue weighted by Crippen LogP contribution is 2.24. The lowest BCUT2D eigenvalue weighted by molar-refractivity contribution is 0.0913. The zero-order valence-electron chi connectivity index (χ0n) is 16.9. The van der Waals surface area contributed by atoms with E-state index in [0.717, 1.165) is 18.8 Å². The van der Waals surface area contributed by atoms with Crippen LogP contribution in [0.4, 0.5) is 0 Å². The average Bonchev–Trinajstić information content (AvgIpc) is 3.35. The molecule has 1 aliphatic heterocycles. The highest BCUT2D eigenvalue weighted by Gasteiger charge is 2.25. The minimum absolute atomic E-state index is 0.0307. The van der Waals surface area contributed by atoms with Crippen molar-refractivity contribution in [3.63, 3.8) is 0 Å². The second kappa shape index (κ2) is 9.55. The van der Waals surface area contributed by atoms with Gasteiger partial charge in [-0.25, -0.2) is 0 Å². The van der Waals surface area contributed by atoms with E-state index in [4.69, 9.17) is 4.42 Å². The molecular weight excluding hydrogens is 376 g/mol. The second-order valence-corrected chi connectivity index (χ2v) is 7.61. The van der Waals surface area contributed by atoms with Crippen molar-refractivity contribution in [3.8, 4) is 0 Å². The topological polar surface area (TPSA) is 62.6 Å². The van der Waals surface area contributed by atoms with Gasteiger partial charge >= 0.3 is 0 Å². The Morgan fingerprint density at radius 2 is 1.50 bits per heavy atom. The Morgan fingerprint density at radius 1 is 0.833 bits per heavy atom. The molecule has 1 aromatic heterocycles. The monoisotopic (exact) mass is 402 g/mol. The fraction of sp³-hybridized carbons (Fsp3) is 0.280. The molecule has 5 heteroatoms. The smallest absolute Gasteiger partial charge is 0.251 e. The van der Waals surface area contributed by atoms with Crippen molar-refractivity contribution < 1.29 is 14.0 Å². The van der Waals surface area contributed by atoms with Crippen molar-refractivity contribution in [1.29, 1.82) is 0 Å². The van der Waals surface area contributed by atoms with E-state index in [1.54, 1.807) is 42.7 Å². The number of furan rings is 1. The van der Waals surface area contributed by atoms with Crippen molar-refractivity contribution >= 4 is 11.7 Å². The standard InChI is InChI=1S/C25H26N2O3/c28-24(19-8-3-1-4-9-19)20-11-13-21(14-12-20)25(29)26-18-22(23-10-7-17-30-23)27-15-5-2-6-16-27/h1,3-4,7-14,17,22H,2,5-6,15-16,18H2,(H,26,29)/t22-/m0/s1. The molecule has 1 saturated heterocycles. The van der Waals surface area contributed by atoms with Crippen molar-refractivity contribution in [2.45, 2.75) is 25.3 Å². The van der Waals surface area contributed by atoms with Gasteiger partial charge in [0, 0.05) is 23.2 Å². The minimum atomic E-state index is -0.151. The Morgan fingerprint density at radius 3 is 2.17 bits per heavy atom. The minimum Gasteiger partial charge on any atom is -0.468 e. The van der Waals surface area contributed by atoms with Gasteiger partial charge in [0.05, 0.1) is 12.3 Å². The van der Waals surface area contributed by atoms with Crippen LogP contribution < -0.4 is 5.32 Å². The number of piperidine rings is 1. The lowest BCUT2D eigenvalue weighted by atomic mass is 10.0. The van der Waals surface area contributed by atoms with Crippen molar-refractivity contribution in [1.82, 2.24) is 10.2 Å².